The van der Waals surface area contributed by atoms with Crippen LogP contribution in [0.25, 0.3) is 0 Å². The van der Waals surface area contributed by atoms with Crippen molar-refractivity contribution >= 4 is 23.9 Å². The van der Waals surface area contributed by atoms with E-state index in [1.165, 1.54) is 44.6 Å². The fraction of sp³-hybridized carbons (Fsp3) is 0.756. The first-order chi connectivity index (χ1) is 23.6. The van der Waals surface area contributed by atoms with Crippen molar-refractivity contribution in [2.75, 3.05) is 0 Å². The molecule has 11 fully saturated rings. The quantitative estimate of drug-likeness (QED) is 0.179. The molecule has 7 unspecified atom stereocenters. The lowest BCUT2D eigenvalue weighted by molar-refractivity contribution is -0.216. The van der Waals surface area contributed by atoms with Gasteiger partial charge in [-0.3, -0.25) is 4.79 Å². The van der Waals surface area contributed by atoms with E-state index in [0.29, 0.717) is 47.2 Å². The lowest BCUT2D eigenvalue weighted by Gasteiger charge is -2.60. The van der Waals surface area contributed by atoms with Gasteiger partial charge in [0, 0.05) is 35.5 Å². The molecule has 0 radical (unpaired) electrons. The Labute approximate surface area is 296 Å². The minimum atomic E-state index is -0.564. The summed E-state index contributed by atoms with van der Waals surface area (Å²) in [4.78, 5) is 46.3. The van der Waals surface area contributed by atoms with Crippen LogP contribution in [-0.2, 0) is 38.1 Å². The zero-order chi connectivity index (χ0) is 35.7. The lowest BCUT2D eigenvalue weighted by atomic mass is 9.49. The van der Waals surface area contributed by atoms with Gasteiger partial charge in [0.2, 0.25) is 0 Å². The van der Waals surface area contributed by atoms with E-state index in [1.807, 2.05) is 0 Å². The van der Waals surface area contributed by atoms with Gasteiger partial charge in [0.05, 0.1) is 11.5 Å². The topological polar surface area (TPSA) is 125 Å². The molecule has 0 aromatic rings. The number of aliphatic hydroxyl groups is 1. The number of carbonyl (C=O) groups is 4. The van der Waals surface area contributed by atoms with Crippen molar-refractivity contribution in [1.82, 2.24) is 0 Å². The largest absolute Gasteiger partial charge is 0.458 e. The minimum Gasteiger partial charge on any atom is -0.458 e. The number of carbonyl (C=O) groups excluding carboxylic acids is 4. The van der Waals surface area contributed by atoms with Crippen molar-refractivity contribution in [3.63, 3.8) is 0 Å². The van der Waals surface area contributed by atoms with E-state index < -0.39 is 5.60 Å². The van der Waals surface area contributed by atoms with Crippen molar-refractivity contribution < 1.29 is 43.2 Å². The lowest BCUT2D eigenvalue weighted by Crippen LogP contribution is -2.60. The van der Waals surface area contributed by atoms with E-state index in [-0.39, 0.29) is 59.1 Å². The van der Waals surface area contributed by atoms with Crippen LogP contribution in [0, 0.1) is 53.3 Å². The van der Waals surface area contributed by atoms with Crippen LogP contribution in [0.1, 0.15) is 111 Å². The molecule has 10 saturated carbocycles. The normalized spacial score (nSPS) is 45.8. The molecule has 1 saturated heterocycles. The molecular formula is C41H56O9. The highest BCUT2D eigenvalue weighted by atomic mass is 16.6. The van der Waals surface area contributed by atoms with Crippen LogP contribution in [0.4, 0.5) is 0 Å². The van der Waals surface area contributed by atoms with Gasteiger partial charge in [0.1, 0.15) is 23.4 Å². The molecule has 10 aliphatic carbocycles. The fourth-order valence-corrected chi connectivity index (χ4v) is 12.9. The molecule has 0 aromatic carbocycles. The van der Waals surface area contributed by atoms with Crippen molar-refractivity contribution in [3.05, 3.63) is 37.0 Å². The Kier molecular flexibility index (Phi) is 9.17. The zero-order valence-electron chi connectivity index (χ0n) is 30.2. The molecule has 0 spiro atoms. The number of hydrogen-bond acceptors (Lipinski definition) is 9. The van der Waals surface area contributed by atoms with Crippen molar-refractivity contribution in [2.45, 2.75) is 140 Å². The molecule has 1 heterocycles. The minimum absolute atomic E-state index is 0.0646. The highest BCUT2D eigenvalue weighted by Gasteiger charge is 2.63. The van der Waals surface area contributed by atoms with E-state index in [0.717, 1.165) is 56.8 Å². The van der Waals surface area contributed by atoms with Gasteiger partial charge in [-0.2, -0.15) is 0 Å². The summed E-state index contributed by atoms with van der Waals surface area (Å²) in [5.41, 5.74) is -0.181. The summed E-state index contributed by atoms with van der Waals surface area (Å²) in [6.07, 6.45) is 15.6. The Balaban J connectivity index is 0.000000118. The molecular weight excluding hydrogens is 636 g/mol. The van der Waals surface area contributed by atoms with Gasteiger partial charge in [-0.1, -0.05) is 26.7 Å². The van der Waals surface area contributed by atoms with Crippen LogP contribution < -0.4 is 0 Å². The maximum Gasteiger partial charge on any atom is 0.333 e. The second-order valence-corrected chi connectivity index (χ2v) is 17.8. The predicted molar refractivity (Wildman–Crippen MR) is 184 cm³/mol. The summed E-state index contributed by atoms with van der Waals surface area (Å²) in [5.74, 6) is 3.78. The zero-order valence-corrected chi connectivity index (χ0v) is 30.2. The second kappa shape index (κ2) is 12.9. The first-order valence-electron chi connectivity index (χ1n) is 19.2. The van der Waals surface area contributed by atoms with E-state index in [1.54, 1.807) is 13.8 Å². The van der Waals surface area contributed by atoms with Gasteiger partial charge >= 0.3 is 23.9 Å². The SMILES string of the molecule is C=C(C)C(=O)OC1(CC)C2CC3CC(C2)CC1C3.C=C(C)C(=O)OC1C2CC3C(=O)OC1C3C2.C=CC(=O)OC12CC3CC(CC(O)(C3)C1)C2. The molecule has 1 aliphatic heterocycles. The van der Waals surface area contributed by atoms with Crippen LogP contribution in [0.5, 0.6) is 0 Å². The molecule has 1 N–H and O–H groups in total. The molecule has 0 aromatic heterocycles. The molecule has 11 rings (SSSR count). The van der Waals surface area contributed by atoms with E-state index >= 15 is 0 Å². The fourth-order valence-electron chi connectivity index (χ4n) is 12.9. The third-order valence-corrected chi connectivity index (χ3v) is 14.2. The van der Waals surface area contributed by atoms with Crippen LogP contribution >= 0.6 is 0 Å². The average Bonchev–Trinajstić information content (AvgIpc) is 3.67. The predicted octanol–water partition coefficient (Wildman–Crippen LogP) is 6.57. The number of hydrogen-bond donors (Lipinski definition) is 1. The van der Waals surface area contributed by atoms with Gasteiger partial charge in [-0.15, -0.1) is 0 Å². The maximum absolute atomic E-state index is 12.0. The maximum atomic E-state index is 12.0. The highest BCUT2D eigenvalue weighted by molar-refractivity contribution is 5.88. The smallest absolute Gasteiger partial charge is 0.333 e. The number of esters is 4. The standard InChI is InChI=1S/C16H24O2.C13H18O3.C12H14O4/c1-4-16(18-15(17)10(2)3)13-6-11-5-12(8-13)9-14(16)7-11;1-2-11(14)16-13-6-9-3-10(7-13)5-12(15,4-9)8-13;1-5(2)11(13)15-9-6-3-7-8(4-6)12(14)16-10(7)9/h11-14H,2,4-9H2,1,3H3;2,9-10,15H,1,3-8H2;6-10H,1,3-4H2,2H3. The molecule has 0 amide bonds. The molecule has 7 atom stereocenters. The van der Waals surface area contributed by atoms with E-state index in [4.69, 9.17) is 18.9 Å². The monoisotopic (exact) mass is 692 g/mol. The third-order valence-electron chi connectivity index (χ3n) is 14.2. The Morgan fingerprint density at radius 3 is 1.94 bits per heavy atom. The van der Waals surface area contributed by atoms with Crippen molar-refractivity contribution in [1.29, 1.82) is 0 Å². The molecule has 11 aliphatic rings. The van der Waals surface area contributed by atoms with E-state index in [2.05, 4.69) is 26.7 Å². The van der Waals surface area contributed by atoms with Gasteiger partial charge in [-0.25, -0.2) is 14.4 Å². The third kappa shape index (κ3) is 6.28. The van der Waals surface area contributed by atoms with Gasteiger partial charge in [-0.05, 0) is 133 Å². The summed E-state index contributed by atoms with van der Waals surface area (Å²) in [6.45, 7) is 16.3. The van der Waals surface area contributed by atoms with Crippen molar-refractivity contribution in [3.8, 4) is 0 Å². The first kappa shape index (κ1) is 35.5. The average molecular weight is 693 g/mol. The molecule has 9 heteroatoms. The van der Waals surface area contributed by atoms with Crippen LogP contribution in [0.2, 0.25) is 0 Å². The Morgan fingerprint density at radius 1 is 0.840 bits per heavy atom. The highest BCUT2D eigenvalue weighted by Crippen LogP contribution is 2.61. The molecule has 9 nitrogen and oxygen atoms in total. The number of fused-ring (bicyclic) bond motifs is 1. The number of ether oxygens (including phenoxy) is 4. The molecule has 50 heavy (non-hydrogen) atoms. The Hall–Kier alpha value is -2.94. The van der Waals surface area contributed by atoms with Gasteiger partial charge in [0.25, 0.3) is 0 Å². The summed E-state index contributed by atoms with van der Waals surface area (Å²) < 4.78 is 22.2. The molecule has 10 bridgehead atoms. The van der Waals surface area contributed by atoms with E-state index in [9.17, 15) is 24.3 Å². The summed E-state index contributed by atoms with van der Waals surface area (Å²) in [5, 5.41) is 10.4. The molecule has 274 valence electrons. The van der Waals surface area contributed by atoms with Crippen LogP contribution in [0.3, 0.4) is 0 Å². The first-order valence-corrected chi connectivity index (χ1v) is 19.2. The van der Waals surface area contributed by atoms with Gasteiger partial charge < -0.3 is 24.1 Å². The second-order valence-electron chi connectivity index (χ2n) is 17.8. The summed E-state index contributed by atoms with van der Waals surface area (Å²) in [7, 11) is 0. The van der Waals surface area contributed by atoms with Crippen molar-refractivity contribution in [2.24, 2.45) is 53.3 Å². The summed E-state index contributed by atoms with van der Waals surface area (Å²) >= 11 is 0. The summed E-state index contributed by atoms with van der Waals surface area (Å²) in [6, 6.07) is 0. The Bertz CT molecular complexity index is 1420. The van der Waals surface area contributed by atoms with Gasteiger partial charge in [0.15, 0.2) is 0 Å². The van der Waals surface area contributed by atoms with Crippen LogP contribution in [0.15, 0.2) is 37.0 Å². The number of rotatable bonds is 7. The Morgan fingerprint density at radius 2 is 1.42 bits per heavy atom. The van der Waals surface area contributed by atoms with Crippen LogP contribution in [-0.4, -0.2) is 58.0 Å².